The molecular formula is C14H24N4O2. The van der Waals surface area contributed by atoms with Crippen LogP contribution in [0.5, 0.6) is 0 Å². The molecule has 20 heavy (non-hydrogen) atoms. The lowest BCUT2D eigenvalue weighted by Crippen LogP contribution is -2.40. The summed E-state index contributed by atoms with van der Waals surface area (Å²) in [5, 5.41) is 16.7. The van der Waals surface area contributed by atoms with Crippen molar-refractivity contribution in [3.05, 3.63) is 18.0 Å². The molecule has 1 aromatic rings. The fraction of sp³-hybridized carbons (Fsp3) is 0.714. The van der Waals surface area contributed by atoms with Gasteiger partial charge in [0.25, 0.3) is 0 Å². The van der Waals surface area contributed by atoms with Gasteiger partial charge in [-0.15, -0.1) is 0 Å². The van der Waals surface area contributed by atoms with Crippen LogP contribution in [0.2, 0.25) is 0 Å². The monoisotopic (exact) mass is 280 g/mol. The first-order valence-electron chi connectivity index (χ1n) is 7.13. The highest BCUT2D eigenvalue weighted by atomic mass is 16.3. The van der Waals surface area contributed by atoms with Gasteiger partial charge in [-0.1, -0.05) is 0 Å². The third-order valence-corrected chi connectivity index (χ3v) is 3.73. The van der Waals surface area contributed by atoms with Crippen molar-refractivity contribution >= 4 is 5.91 Å². The van der Waals surface area contributed by atoms with Crippen LogP contribution in [0.4, 0.5) is 0 Å². The molecule has 0 saturated carbocycles. The molecule has 0 radical (unpaired) electrons. The molecule has 1 aliphatic heterocycles. The fourth-order valence-corrected chi connectivity index (χ4v) is 2.70. The van der Waals surface area contributed by atoms with Crippen molar-refractivity contribution in [2.75, 3.05) is 19.7 Å². The van der Waals surface area contributed by atoms with Crippen LogP contribution in [0.15, 0.2) is 12.4 Å². The van der Waals surface area contributed by atoms with Gasteiger partial charge in [0.15, 0.2) is 0 Å². The molecule has 1 aliphatic rings. The molecule has 0 bridgehead atoms. The second kappa shape index (κ2) is 6.37. The topological polar surface area (TPSA) is 70.4 Å². The Kier molecular flexibility index (Phi) is 4.77. The number of likely N-dealkylation sites (tertiary alicyclic amines) is 1. The maximum Gasteiger partial charge on any atom is 0.217 e. The number of nitrogens with one attached hydrogen (secondary N) is 1. The minimum atomic E-state index is -0.0390. The number of rotatable bonds is 5. The molecular weight excluding hydrogens is 256 g/mol. The summed E-state index contributed by atoms with van der Waals surface area (Å²) in [7, 11) is 0. The van der Waals surface area contributed by atoms with E-state index in [0.717, 1.165) is 19.6 Å². The number of aliphatic hydroxyl groups is 1. The highest BCUT2D eigenvalue weighted by Crippen LogP contribution is 2.19. The van der Waals surface area contributed by atoms with Gasteiger partial charge in [0.05, 0.1) is 6.20 Å². The van der Waals surface area contributed by atoms with E-state index >= 15 is 0 Å². The average molecular weight is 280 g/mol. The Morgan fingerprint density at radius 2 is 2.30 bits per heavy atom. The number of aliphatic hydroxyl groups excluding tert-OH is 1. The van der Waals surface area contributed by atoms with Gasteiger partial charge < -0.3 is 10.4 Å². The zero-order chi connectivity index (χ0) is 14.7. The van der Waals surface area contributed by atoms with Crippen LogP contribution < -0.4 is 5.32 Å². The van der Waals surface area contributed by atoms with Crippen LogP contribution in [-0.4, -0.2) is 51.4 Å². The van der Waals surface area contributed by atoms with Crippen molar-refractivity contribution in [1.82, 2.24) is 20.0 Å². The predicted octanol–water partition coefficient (Wildman–Crippen LogP) is 0.393. The summed E-state index contributed by atoms with van der Waals surface area (Å²) in [6.45, 7) is 8.20. The van der Waals surface area contributed by atoms with Gasteiger partial charge in [-0.05, 0) is 13.8 Å². The quantitative estimate of drug-likeness (QED) is 0.819. The van der Waals surface area contributed by atoms with E-state index in [0.29, 0.717) is 6.04 Å². The minimum absolute atomic E-state index is 0.0390. The zero-order valence-electron chi connectivity index (χ0n) is 12.4. The summed E-state index contributed by atoms with van der Waals surface area (Å²) in [6.07, 6.45) is 3.95. The van der Waals surface area contributed by atoms with Gasteiger partial charge >= 0.3 is 0 Å². The van der Waals surface area contributed by atoms with Crippen LogP contribution in [0.3, 0.4) is 0 Å². The minimum Gasteiger partial charge on any atom is -0.396 e. The Balaban J connectivity index is 1.94. The Hall–Kier alpha value is -1.40. The first-order valence-corrected chi connectivity index (χ1v) is 7.13. The van der Waals surface area contributed by atoms with Gasteiger partial charge in [0, 0.05) is 62.9 Å². The average Bonchev–Trinajstić information content (AvgIpc) is 2.96. The number of aromatic nitrogens is 2. The van der Waals surface area contributed by atoms with E-state index in [1.54, 1.807) is 0 Å². The van der Waals surface area contributed by atoms with E-state index in [1.165, 1.54) is 12.5 Å². The SMILES string of the molecule is CC(=O)N[C@@H]1CN(Cc2cnn(C(C)C)c2)C[C@H]1CO. The highest BCUT2D eigenvalue weighted by molar-refractivity contribution is 5.73. The molecule has 1 aromatic heterocycles. The van der Waals surface area contributed by atoms with E-state index in [4.69, 9.17) is 0 Å². The van der Waals surface area contributed by atoms with Crippen LogP contribution in [0.25, 0.3) is 0 Å². The van der Waals surface area contributed by atoms with Crippen LogP contribution in [0, 0.1) is 5.92 Å². The smallest absolute Gasteiger partial charge is 0.217 e. The lowest BCUT2D eigenvalue weighted by molar-refractivity contribution is -0.119. The summed E-state index contributed by atoms with van der Waals surface area (Å²) in [6, 6.07) is 0.400. The Bertz CT molecular complexity index is 458. The van der Waals surface area contributed by atoms with Gasteiger partial charge in [-0.3, -0.25) is 14.4 Å². The summed E-state index contributed by atoms with van der Waals surface area (Å²) >= 11 is 0. The van der Waals surface area contributed by atoms with Crippen molar-refractivity contribution < 1.29 is 9.90 Å². The molecule has 0 aliphatic carbocycles. The predicted molar refractivity (Wildman–Crippen MR) is 76.1 cm³/mol. The number of hydrogen-bond donors (Lipinski definition) is 2. The van der Waals surface area contributed by atoms with E-state index < -0.39 is 0 Å². The second-order valence-corrected chi connectivity index (χ2v) is 5.87. The van der Waals surface area contributed by atoms with Crippen LogP contribution in [0.1, 0.15) is 32.4 Å². The molecule has 0 unspecified atom stereocenters. The summed E-state index contributed by atoms with van der Waals surface area (Å²) in [5.41, 5.74) is 1.17. The number of hydrogen-bond acceptors (Lipinski definition) is 4. The van der Waals surface area contributed by atoms with E-state index in [9.17, 15) is 9.90 Å². The lowest BCUT2D eigenvalue weighted by atomic mass is 10.1. The van der Waals surface area contributed by atoms with Gasteiger partial charge in [0.1, 0.15) is 0 Å². The number of carbonyl (C=O) groups is 1. The normalized spacial score (nSPS) is 23.4. The van der Waals surface area contributed by atoms with Crippen LogP contribution in [-0.2, 0) is 11.3 Å². The first kappa shape index (κ1) is 15.0. The van der Waals surface area contributed by atoms with Crippen molar-refractivity contribution in [3.63, 3.8) is 0 Å². The number of amides is 1. The molecule has 1 fully saturated rings. The molecule has 2 atom stereocenters. The Morgan fingerprint density at radius 3 is 2.85 bits per heavy atom. The molecule has 1 saturated heterocycles. The van der Waals surface area contributed by atoms with Crippen molar-refractivity contribution in [2.24, 2.45) is 5.92 Å². The first-order chi connectivity index (χ1) is 9.49. The number of carbonyl (C=O) groups excluding carboxylic acids is 1. The van der Waals surface area contributed by atoms with Crippen molar-refractivity contribution in [2.45, 2.75) is 39.4 Å². The molecule has 6 heteroatoms. The number of nitrogens with zero attached hydrogens (tertiary/aromatic N) is 3. The fourth-order valence-electron chi connectivity index (χ4n) is 2.70. The Labute approximate surface area is 119 Å². The van der Waals surface area contributed by atoms with Crippen LogP contribution >= 0.6 is 0 Å². The molecule has 2 rings (SSSR count). The van der Waals surface area contributed by atoms with Gasteiger partial charge in [0.2, 0.25) is 5.91 Å². The summed E-state index contributed by atoms with van der Waals surface area (Å²) in [4.78, 5) is 13.4. The molecule has 0 spiro atoms. The standard InChI is InChI=1S/C14H24N4O2/c1-10(2)18-6-12(4-15-18)5-17-7-13(9-19)14(8-17)16-11(3)20/h4,6,10,13-14,19H,5,7-9H2,1-3H3,(H,16,20)/t13-,14+/m0/s1. The zero-order valence-corrected chi connectivity index (χ0v) is 12.4. The molecule has 1 amide bonds. The Morgan fingerprint density at radius 1 is 1.55 bits per heavy atom. The van der Waals surface area contributed by atoms with E-state index in [-0.39, 0.29) is 24.5 Å². The highest BCUT2D eigenvalue weighted by Gasteiger charge is 2.32. The molecule has 0 aromatic carbocycles. The van der Waals surface area contributed by atoms with E-state index in [2.05, 4.69) is 35.4 Å². The summed E-state index contributed by atoms with van der Waals surface area (Å²) in [5.74, 6) is 0.0713. The third kappa shape index (κ3) is 3.58. The van der Waals surface area contributed by atoms with Gasteiger partial charge in [-0.2, -0.15) is 5.10 Å². The second-order valence-electron chi connectivity index (χ2n) is 5.87. The van der Waals surface area contributed by atoms with Crippen molar-refractivity contribution in [1.29, 1.82) is 0 Å². The van der Waals surface area contributed by atoms with E-state index in [1.807, 2.05) is 10.9 Å². The molecule has 6 nitrogen and oxygen atoms in total. The third-order valence-electron chi connectivity index (χ3n) is 3.73. The lowest BCUT2D eigenvalue weighted by Gasteiger charge is -2.16. The largest absolute Gasteiger partial charge is 0.396 e. The maximum absolute atomic E-state index is 11.2. The summed E-state index contributed by atoms with van der Waals surface area (Å²) < 4.78 is 1.94. The maximum atomic E-state index is 11.2. The van der Waals surface area contributed by atoms with Crippen molar-refractivity contribution in [3.8, 4) is 0 Å². The molecule has 2 heterocycles. The molecule has 2 N–H and O–H groups in total. The molecule has 112 valence electrons. The van der Waals surface area contributed by atoms with Gasteiger partial charge in [-0.25, -0.2) is 0 Å².